The van der Waals surface area contributed by atoms with E-state index >= 15 is 0 Å². The van der Waals surface area contributed by atoms with Gasteiger partial charge in [-0.25, -0.2) is 4.79 Å². The number of esters is 1. The first kappa shape index (κ1) is 18.9. The standard InChI is InChI=1S/C19H21NO4S/c1-23-19(22)17(11-12-25-2)20-18(21)14-7-6-10-16(13-14)24-15-8-4-3-5-9-15/h3-10,13,17H,11-12H2,1-2H3,(H,20,21)/t17-/m0/s1. The fourth-order valence-electron chi connectivity index (χ4n) is 2.19. The maximum atomic E-state index is 12.5. The Labute approximate surface area is 151 Å². The molecule has 0 spiro atoms. The van der Waals surface area contributed by atoms with Crippen molar-refractivity contribution in [2.24, 2.45) is 0 Å². The minimum absolute atomic E-state index is 0.338. The highest BCUT2D eigenvalue weighted by Gasteiger charge is 2.21. The summed E-state index contributed by atoms with van der Waals surface area (Å²) in [7, 11) is 1.31. The van der Waals surface area contributed by atoms with Crippen LogP contribution in [0.25, 0.3) is 0 Å². The molecule has 5 nitrogen and oxygen atoms in total. The molecule has 0 aliphatic carbocycles. The molecule has 25 heavy (non-hydrogen) atoms. The first-order valence-corrected chi connectivity index (χ1v) is 9.24. The lowest BCUT2D eigenvalue weighted by atomic mass is 10.1. The van der Waals surface area contributed by atoms with Crippen molar-refractivity contribution in [1.82, 2.24) is 5.32 Å². The number of hydrogen-bond donors (Lipinski definition) is 1. The monoisotopic (exact) mass is 359 g/mol. The zero-order valence-corrected chi connectivity index (χ0v) is 15.0. The first-order chi connectivity index (χ1) is 12.1. The van der Waals surface area contributed by atoms with E-state index in [0.717, 1.165) is 5.75 Å². The third-order valence-corrected chi connectivity index (χ3v) is 4.12. The Balaban J connectivity index is 2.07. The predicted octanol–water partition coefficient (Wildman–Crippen LogP) is 3.50. The van der Waals surface area contributed by atoms with E-state index in [4.69, 9.17) is 9.47 Å². The van der Waals surface area contributed by atoms with Gasteiger partial charge in [0.25, 0.3) is 5.91 Å². The van der Waals surface area contributed by atoms with E-state index in [9.17, 15) is 9.59 Å². The van der Waals surface area contributed by atoms with Crippen molar-refractivity contribution in [3.05, 3.63) is 60.2 Å². The smallest absolute Gasteiger partial charge is 0.328 e. The molecular weight excluding hydrogens is 338 g/mol. The van der Waals surface area contributed by atoms with Crippen molar-refractivity contribution in [2.45, 2.75) is 12.5 Å². The number of methoxy groups -OCH3 is 1. The summed E-state index contributed by atoms with van der Waals surface area (Å²) in [5, 5.41) is 2.73. The van der Waals surface area contributed by atoms with Gasteiger partial charge in [0.2, 0.25) is 0 Å². The highest BCUT2D eigenvalue weighted by atomic mass is 32.2. The predicted molar refractivity (Wildman–Crippen MR) is 99.2 cm³/mol. The lowest BCUT2D eigenvalue weighted by molar-refractivity contribution is -0.142. The second-order valence-electron chi connectivity index (χ2n) is 5.27. The van der Waals surface area contributed by atoms with Gasteiger partial charge in [-0.05, 0) is 48.8 Å². The molecule has 1 N–H and O–H groups in total. The lowest BCUT2D eigenvalue weighted by Gasteiger charge is -2.16. The second-order valence-corrected chi connectivity index (χ2v) is 6.26. The molecule has 0 radical (unpaired) electrons. The summed E-state index contributed by atoms with van der Waals surface area (Å²) >= 11 is 1.61. The Bertz CT molecular complexity index is 706. The van der Waals surface area contributed by atoms with Crippen molar-refractivity contribution in [3.63, 3.8) is 0 Å². The lowest BCUT2D eigenvalue weighted by Crippen LogP contribution is -2.41. The van der Waals surface area contributed by atoms with Crippen LogP contribution in [0.1, 0.15) is 16.8 Å². The van der Waals surface area contributed by atoms with E-state index in [1.165, 1.54) is 7.11 Å². The molecule has 0 aromatic heterocycles. The van der Waals surface area contributed by atoms with Crippen LogP contribution in [0.15, 0.2) is 54.6 Å². The van der Waals surface area contributed by atoms with Gasteiger partial charge in [0, 0.05) is 5.56 Å². The van der Waals surface area contributed by atoms with E-state index in [2.05, 4.69) is 5.32 Å². The molecule has 0 aliphatic heterocycles. The average molecular weight is 359 g/mol. The summed E-state index contributed by atoms with van der Waals surface area (Å²) in [5.41, 5.74) is 0.423. The van der Waals surface area contributed by atoms with Crippen LogP contribution in [-0.4, -0.2) is 37.0 Å². The average Bonchev–Trinajstić information content (AvgIpc) is 2.65. The summed E-state index contributed by atoms with van der Waals surface area (Å²) in [6, 6.07) is 15.5. The third kappa shape index (κ3) is 5.83. The van der Waals surface area contributed by atoms with E-state index in [-0.39, 0.29) is 5.91 Å². The van der Waals surface area contributed by atoms with Gasteiger partial charge < -0.3 is 14.8 Å². The molecule has 2 rings (SSSR count). The van der Waals surface area contributed by atoms with Gasteiger partial charge in [-0.2, -0.15) is 11.8 Å². The van der Waals surface area contributed by atoms with E-state index in [1.54, 1.807) is 36.0 Å². The summed E-state index contributed by atoms with van der Waals surface area (Å²) < 4.78 is 10.5. The van der Waals surface area contributed by atoms with Gasteiger partial charge in [-0.15, -0.1) is 0 Å². The summed E-state index contributed by atoms with van der Waals surface area (Å²) in [5.74, 6) is 1.20. The van der Waals surface area contributed by atoms with Crippen LogP contribution in [0.2, 0.25) is 0 Å². The van der Waals surface area contributed by atoms with Crippen molar-refractivity contribution in [1.29, 1.82) is 0 Å². The van der Waals surface area contributed by atoms with Gasteiger partial charge in [-0.1, -0.05) is 24.3 Å². The minimum Gasteiger partial charge on any atom is -0.467 e. The summed E-state index contributed by atoms with van der Waals surface area (Å²) in [6.07, 6.45) is 2.46. The highest BCUT2D eigenvalue weighted by Crippen LogP contribution is 2.21. The zero-order chi connectivity index (χ0) is 18.1. The maximum absolute atomic E-state index is 12.5. The minimum atomic E-state index is -0.663. The maximum Gasteiger partial charge on any atom is 0.328 e. The van der Waals surface area contributed by atoms with Crippen LogP contribution >= 0.6 is 11.8 Å². The number of para-hydroxylation sites is 1. The molecule has 0 unspecified atom stereocenters. The normalized spacial score (nSPS) is 11.4. The molecule has 0 fully saturated rings. The molecule has 2 aromatic rings. The van der Waals surface area contributed by atoms with Crippen molar-refractivity contribution in [2.75, 3.05) is 19.1 Å². The van der Waals surface area contributed by atoms with E-state index < -0.39 is 12.0 Å². The Morgan fingerprint density at radius 3 is 2.48 bits per heavy atom. The number of rotatable bonds is 8. The number of thioether (sulfide) groups is 1. The Morgan fingerprint density at radius 1 is 1.08 bits per heavy atom. The molecule has 0 saturated heterocycles. The molecule has 1 atom stereocenters. The fraction of sp³-hybridized carbons (Fsp3) is 0.263. The fourth-order valence-corrected chi connectivity index (χ4v) is 2.67. The van der Waals surface area contributed by atoms with Gasteiger partial charge in [-0.3, -0.25) is 4.79 Å². The molecule has 0 bridgehead atoms. The Morgan fingerprint density at radius 2 is 1.80 bits per heavy atom. The number of carbonyl (C=O) groups excluding carboxylic acids is 2. The van der Waals surface area contributed by atoms with Crippen molar-refractivity contribution in [3.8, 4) is 11.5 Å². The first-order valence-electron chi connectivity index (χ1n) is 7.84. The molecule has 0 aliphatic rings. The van der Waals surface area contributed by atoms with Gasteiger partial charge in [0.15, 0.2) is 0 Å². The van der Waals surface area contributed by atoms with Crippen LogP contribution in [-0.2, 0) is 9.53 Å². The molecule has 0 heterocycles. The molecule has 2 aromatic carbocycles. The molecule has 6 heteroatoms. The largest absolute Gasteiger partial charge is 0.467 e. The van der Waals surface area contributed by atoms with Crippen LogP contribution in [0, 0.1) is 0 Å². The van der Waals surface area contributed by atoms with Crippen LogP contribution in [0.3, 0.4) is 0 Å². The van der Waals surface area contributed by atoms with Crippen LogP contribution in [0.4, 0.5) is 0 Å². The molecular formula is C19H21NO4S. The van der Waals surface area contributed by atoms with Crippen LogP contribution < -0.4 is 10.1 Å². The third-order valence-electron chi connectivity index (χ3n) is 3.48. The topological polar surface area (TPSA) is 64.6 Å². The van der Waals surface area contributed by atoms with Gasteiger partial charge in [0.05, 0.1) is 7.11 Å². The molecule has 132 valence electrons. The number of ether oxygens (including phenoxy) is 2. The van der Waals surface area contributed by atoms with Crippen LogP contribution in [0.5, 0.6) is 11.5 Å². The molecule has 1 amide bonds. The number of carbonyl (C=O) groups is 2. The number of hydrogen-bond acceptors (Lipinski definition) is 5. The number of benzene rings is 2. The van der Waals surface area contributed by atoms with Gasteiger partial charge in [0.1, 0.15) is 17.5 Å². The zero-order valence-electron chi connectivity index (χ0n) is 14.2. The SMILES string of the molecule is COC(=O)[C@H](CCSC)NC(=O)c1cccc(Oc2ccccc2)c1. The Kier molecular flexibility index (Phi) is 7.35. The Hall–Kier alpha value is -2.47. The van der Waals surface area contributed by atoms with E-state index in [0.29, 0.717) is 23.5 Å². The summed E-state index contributed by atoms with van der Waals surface area (Å²) in [6.45, 7) is 0. The highest BCUT2D eigenvalue weighted by molar-refractivity contribution is 7.98. The summed E-state index contributed by atoms with van der Waals surface area (Å²) in [4.78, 5) is 24.3. The van der Waals surface area contributed by atoms with Crippen molar-refractivity contribution >= 4 is 23.6 Å². The van der Waals surface area contributed by atoms with Gasteiger partial charge >= 0.3 is 5.97 Å². The quantitative estimate of drug-likeness (QED) is 0.731. The van der Waals surface area contributed by atoms with E-state index in [1.807, 2.05) is 36.6 Å². The molecule has 0 saturated carbocycles. The second kappa shape index (κ2) is 9.74. The number of amides is 1. The van der Waals surface area contributed by atoms with Crippen molar-refractivity contribution < 1.29 is 19.1 Å². The number of nitrogens with one attached hydrogen (secondary N) is 1.